The Morgan fingerprint density at radius 2 is 2.20 bits per heavy atom. The first-order chi connectivity index (χ1) is 12.2. The number of nitrogens with one attached hydrogen (secondary N) is 4. The van der Waals surface area contributed by atoms with Crippen LogP contribution in [0.1, 0.15) is 16.9 Å². The summed E-state index contributed by atoms with van der Waals surface area (Å²) >= 11 is 0. The molecule has 1 aliphatic heterocycles. The van der Waals surface area contributed by atoms with Crippen molar-refractivity contribution in [3.8, 4) is 0 Å². The van der Waals surface area contributed by atoms with Gasteiger partial charge in [-0.1, -0.05) is 0 Å². The zero-order chi connectivity index (χ0) is 17.2. The van der Waals surface area contributed by atoms with E-state index in [2.05, 4.69) is 30.9 Å². The predicted octanol–water partition coefficient (Wildman–Crippen LogP) is 1.57. The molecule has 8 heteroatoms. The molecule has 0 radical (unpaired) electrons. The van der Waals surface area contributed by atoms with Gasteiger partial charge in [0.05, 0.1) is 0 Å². The highest BCUT2D eigenvalue weighted by molar-refractivity contribution is 5.97. The molecule has 0 bridgehead atoms. The van der Waals surface area contributed by atoms with Gasteiger partial charge < -0.3 is 26.7 Å². The Labute approximate surface area is 144 Å². The van der Waals surface area contributed by atoms with Gasteiger partial charge in [0.2, 0.25) is 5.95 Å². The van der Waals surface area contributed by atoms with Crippen molar-refractivity contribution in [2.24, 2.45) is 5.73 Å². The molecule has 1 aliphatic rings. The minimum absolute atomic E-state index is 0.389. The molecular weight excluding hydrogens is 318 g/mol. The van der Waals surface area contributed by atoms with Crippen molar-refractivity contribution in [2.75, 3.05) is 23.7 Å². The summed E-state index contributed by atoms with van der Waals surface area (Å²) in [5.74, 6) is 0.833. The van der Waals surface area contributed by atoms with Crippen LogP contribution in [0.15, 0.2) is 36.5 Å². The normalized spacial score (nSPS) is 16.9. The second kappa shape index (κ2) is 6.40. The molecule has 3 aromatic rings. The number of rotatable bonds is 5. The van der Waals surface area contributed by atoms with Gasteiger partial charge in [0.1, 0.15) is 11.5 Å². The van der Waals surface area contributed by atoms with E-state index >= 15 is 0 Å². The van der Waals surface area contributed by atoms with Crippen molar-refractivity contribution in [3.05, 3.63) is 42.2 Å². The number of hydrogen-bond acceptors (Lipinski definition) is 6. The van der Waals surface area contributed by atoms with Gasteiger partial charge in [-0.25, -0.2) is 4.98 Å². The molecule has 1 atom stereocenters. The smallest absolute Gasteiger partial charge is 0.265 e. The van der Waals surface area contributed by atoms with Gasteiger partial charge in [-0.2, -0.15) is 4.98 Å². The largest absolute Gasteiger partial charge is 0.366 e. The van der Waals surface area contributed by atoms with E-state index in [-0.39, 0.29) is 0 Å². The van der Waals surface area contributed by atoms with Crippen LogP contribution < -0.4 is 21.7 Å². The summed E-state index contributed by atoms with van der Waals surface area (Å²) in [6.45, 7) is 1.97. The minimum Gasteiger partial charge on any atom is -0.366 e. The first kappa shape index (κ1) is 15.4. The van der Waals surface area contributed by atoms with Gasteiger partial charge >= 0.3 is 0 Å². The number of benzene rings is 1. The van der Waals surface area contributed by atoms with Crippen LogP contribution in [0.4, 0.5) is 17.5 Å². The SMILES string of the molecule is NC(=O)c1cc2cc(Nc3nccc(NC4CCNC4)n3)ccc2[nH]1. The van der Waals surface area contributed by atoms with Gasteiger partial charge in [0.25, 0.3) is 5.91 Å². The van der Waals surface area contributed by atoms with E-state index in [1.165, 1.54) is 0 Å². The fourth-order valence-corrected chi connectivity index (χ4v) is 2.96. The lowest BCUT2D eigenvalue weighted by atomic mass is 10.2. The van der Waals surface area contributed by atoms with Crippen LogP contribution in [0.3, 0.4) is 0 Å². The second-order valence-corrected chi connectivity index (χ2v) is 6.07. The molecule has 1 aromatic carbocycles. The average molecular weight is 337 g/mol. The maximum absolute atomic E-state index is 11.3. The summed E-state index contributed by atoms with van der Waals surface area (Å²) in [4.78, 5) is 23.0. The fraction of sp³-hybridized carbons (Fsp3) is 0.235. The molecule has 4 rings (SSSR count). The molecule has 0 aliphatic carbocycles. The quantitative estimate of drug-likeness (QED) is 0.482. The van der Waals surface area contributed by atoms with Crippen molar-refractivity contribution in [3.63, 3.8) is 0 Å². The molecule has 3 heterocycles. The maximum Gasteiger partial charge on any atom is 0.265 e. The summed E-state index contributed by atoms with van der Waals surface area (Å²) in [6, 6.07) is 9.69. The minimum atomic E-state index is -0.478. The van der Waals surface area contributed by atoms with E-state index in [0.717, 1.165) is 41.9 Å². The molecule has 0 saturated carbocycles. The van der Waals surface area contributed by atoms with E-state index in [4.69, 9.17) is 5.73 Å². The van der Waals surface area contributed by atoms with E-state index in [0.29, 0.717) is 17.7 Å². The third kappa shape index (κ3) is 3.38. The lowest BCUT2D eigenvalue weighted by molar-refractivity contribution is 0.0996. The van der Waals surface area contributed by atoms with Gasteiger partial charge in [-0.05, 0) is 43.3 Å². The first-order valence-corrected chi connectivity index (χ1v) is 8.17. The highest BCUT2D eigenvalue weighted by Gasteiger charge is 2.14. The number of aromatic amines is 1. The number of carbonyl (C=O) groups is 1. The third-order valence-corrected chi connectivity index (χ3v) is 4.21. The van der Waals surface area contributed by atoms with E-state index in [1.807, 2.05) is 24.3 Å². The first-order valence-electron chi connectivity index (χ1n) is 8.17. The van der Waals surface area contributed by atoms with E-state index in [9.17, 15) is 4.79 Å². The Bertz CT molecular complexity index is 914. The summed E-state index contributed by atoms with van der Waals surface area (Å²) in [5.41, 5.74) is 7.38. The standard InChI is InChI=1S/C17H19N7O/c18-16(25)14-8-10-7-11(1-2-13(10)23-14)22-17-20-6-4-15(24-17)21-12-3-5-19-9-12/h1-2,4,6-8,12,19,23H,3,5,9H2,(H2,18,25)(H2,20,21,22,24). The molecular formula is C17H19N7O. The number of carbonyl (C=O) groups excluding carboxylic acids is 1. The second-order valence-electron chi connectivity index (χ2n) is 6.07. The number of nitrogens with two attached hydrogens (primary N) is 1. The lowest BCUT2D eigenvalue weighted by Gasteiger charge is -2.12. The monoisotopic (exact) mass is 337 g/mol. The molecule has 2 aromatic heterocycles. The van der Waals surface area contributed by atoms with Gasteiger partial charge in [0, 0.05) is 35.4 Å². The number of anilines is 3. The van der Waals surface area contributed by atoms with Crippen LogP contribution >= 0.6 is 0 Å². The van der Waals surface area contributed by atoms with Crippen LogP contribution in [-0.2, 0) is 0 Å². The van der Waals surface area contributed by atoms with E-state index in [1.54, 1.807) is 12.3 Å². The average Bonchev–Trinajstić information content (AvgIpc) is 3.24. The highest BCUT2D eigenvalue weighted by atomic mass is 16.1. The fourth-order valence-electron chi connectivity index (χ4n) is 2.96. The van der Waals surface area contributed by atoms with Gasteiger partial charge in [-0.3, -0.25) is 4.79 Å². The summed E-state index contributed by atoms with van der Waals surface area (Å²) in [6.07, 6.45) is 2.80. The number of fused-ring (bicyclic) bond motifs is 1. The Hall–Kier alpha value is -3.13. The Morgan fingerprint density at radius 3 is 3.00 bits per heavy atom. The molecule has 1 fully saturated rings. The van der Waals surface area contributed by atoms with E-state index < -0.39 is 5.91 Å². The molecule has 0 spiro atoms. The van der Waals surface area contributed by atoms with Crippen LogP contribution in [-0.4, -0.2) is 40.0 Å². The molecule has 1 saturated heterocycles. The van der Waals surface area contributed by atoms with Crippen LogP contribution in [0.2, 0.25) is 0 Å². The zero-order valence-corrected chi connectivity index (χ0v) is 13.5. The molecule has 128 valence electrons. The third-order valence-electron chi connectivity index (χ3n) is 4.21. The number of amides is 1. The molecule has 6 N–H and O–H groups in total. The summed E-state index contributed by atoms with van der Waals surface area (Å²) in [5, 5.41) is 10.8. The Kier molecular flexibility index (Phi) is 3.95. The number of primary amides is 1. The topological polar surface area (TPSA) is 121 Å². The summed E-state index contributed by atoms with van der Waals surface area (Å²) in [7, 11) is 0. The zero-order valence-electron chi connectivity index (χ0n) is 13.5. The lowest BCUT2D eigenvalue weighted by Crippen LogP contribution is -2.22. The Morgan fingerprint density at radius 1 is 1.28 bits per heavy atom. The van der Waals surface area contributed by atoms with Crippen molar-refractivity contribution in [1.29, 1.82) is 0 Å². The molecule has 25 heavy (non-hydrogen) atoms. The van der Waals surface area contributed by atoms with Crippen LogP contribution in [0.5, 0.6) is 0 Å². The highest BCUT2D eigenvalue weighted by Crippen LogP contribution is 2.22. The van der Waals surface area contributed by atoms with Gasteiger partial charge in [-0.15, -0.1) is 0 Å². The number of H-pyrrole nitrogens is 1. The molecule has 1 amide bonds. The summed E-state index contributed by atoms with van der Waals surface area (Å²) < 4.78 is 0. The van der Waals surface area contributed by atoms with Crippen LogP contribution in [0.25, 0.3) is 10.9 Å². The number of aromatic nitrogens is 3. The van der Waals surface area contributed by atoms with Crippen molar-refractivity contribution < 1.29 is 4.79 Å². The van der Waals surface area contributed by atoms with Crippen molar-refractivity contribution in [1.82, 2.24) is 20.3 Å². The van der Waals surface area contributed by atoms with Crippen molar-refractivity contribution >= 4 is 34.3 Å². The molecule has 1 unspecified atom stereocenters. The van der Waals surface area contributed by atoms with Crippen LogP contribution in [0, 0.1) is 0 Å². The van der Waals surface area contributed by atoms with Gasteiger partial charge in [0.15, 0.2) is 0 Å². The predicted molar refractivity (Wildman–Crippen MR) is 97.0 cm³/mol. The number of nitrogens with zero attached hydrogens (tertiary/aromatic N) is 2. The maximum atomic E-state index is 11.3. The number of hydrogen-bond donors (Lipinski definition) is 5. The van der Waals surface area contributed by atoms with Crippen molar-refractivity contribution in [2.45, 2.75) is 12.5 Å². The Balaban J connectivity index is 1.53. The molecule has 8 nitrogen and oxygen atoms in total.